The molecule has 0 aliphatic carbocycles. The summed E-state index contributed by atoms with van der Waals surface area (Å²) in [6, 6.07) is 13.9. The zero-order chi connectivity index (χ0) is 20.6. The van der Waals surface area contributed by atoms with Crippen molar-refractivity contribution < 1.29 is 13.2 Å². The molecule has 1 amide bonds. The van der Waals surface area contributed by atoms with Gasteiger partial charge in [-0.2, -0.15) is 9.57 Å². The van der Waals surface area contributed by atoms with Gasteiger partial charge in [0.05, 0.1) is 35.1 Å². The number of carbonyl (C=O) groups excluding carboxylic acids is 1. The number of rotatable bonds is 3. The number of nitrogens with zero attached hydrogens (tertiary/aromatic N) is 5. The van der Waals surface area contributed by atoms with Gasteiger partial charge >= 0.3 is 0 Å². The van der Waals surface area contributed by atoms with Crippen molar-refractivity contribution >= 4 is 21.6 Å². The van der Waals surface area contributed by atoms with E-state index < -0.39 is 16.1 Å². The van der Waals surface area contributed by atoms with E-state index in [1.165, 1.54) is 37.4 Å². The van der Waals surface area contributed by atoms with Crippen LogP contribution < -0.4 is 5.32 Å². The minimum absolute atomic E-state index is 0.0188. The van der Waals surface area contributed by atoms with Gasteiger partial charge in [-0.3, -0.25) is 4.79 Å². The maximum absolute atomic E-state index is 13.4. The Morgan fingerprint density at radius 3 is 2.62 bits per heavy atom. The van der Waals surface area contributed by atoms with Gasteiger partial charge in [-0.25, -0.2) is 13.1 Å². The number of nitrogens with one attached hydrogen (secondary N) is 1. The highest BCUT2D eigenvalue weighted by Gasteiger charge is 2.37. The zero-order valence-corrected chi connectivity index (χ0v) is 16.2. The van der Waals surface area contributed by atoms with Crippen LogP contribution in [-0.2, 0) is 21.4 Å². The van der Waals surface area contributed by atoms with Crippen molar-refractivity contribution in [2.45, 2.75) is 24.4 Å². The van der Waals surface area contributed by atoms with E-state index >= 15 is 0 Å². The lowest BCUT2D eigenvalue weighted by molar-refractivity contribution is -0.114. The smallest absolute Gasteiger partial charge is 0.244 e. The van der Waals surface area contributed by atoms with Gasteiger partial charge in [0.2, 0.25) is 15.9 Å². The maximum Gasteiger partial charge on any atom is 0.244 e. The predicted octanol–water partition coefficient (Wildman–Crippen LogP) is 1.99. The average molecular weight is 408 g/mol. The molecule has 29 heavy (non-hydrogen) atoms. The molecular weight excluding hydrogens is 392 g/mol. The normalized spacial score (nSPS) is 16.2. The summed E-state index contributed by atoms with van der Waals surface area (Å²) in [6.07, 6.45) is 1.49. The van der Waals surface area contributed by atoms with E-state index in [2.05, 4.69) is 21.7 Å². The summed E-state index contributed by atoms with van der Waals surface area (Å²) in [5.41, 5.74) is 2.17. The molecule has 1 aliphatic rings. The van der Waals surface area contributed by atoms with Crippen LogP contribution in [0, 0.1) is 11.3 Å². The number of benzene rings is 2. The second-order valence-electron chi connectivity index (χ2n) is 6.48. The highest BCUT2D eigenvalue weighted by atomic mass is 32.2. The van der Waals surface area contributed by atoms with Crippen molar-refractivity contribution in [2.75, 3.05) is 5.32 Å². The molecule has 0 saturated heterocycles. The van der Waals surface area contributed by atoms with Gasteiger partial charge in [-0.1, -0.05) is 23.4 Å². The molecule has 0 fully saturated rings. The molecule has 2 aromatic carbocycles. The number of hydrogen-bond acceptors (Lipinski definition) is 6. The van der Waals surface area contributed by atoms with Crippen molar-refractivity contribution in [3.8, 4) is 11.8 Å². The molecule has 0 bridgehead atoms. The monoisotopic (exact) mass is 408 g/mol. The zero-order valence-electron chi connectivity index (χ0n) is 15.3. The van der Waals surface area contributed by atoms with Gasteiger partial charge < -0.3 is 5.32 Å². The van der Waals surface area contributed by atoms with E-state index in [1.807, 2.05) is 0 Å². The number of aromatic nitrogens is 3. The highest BCUT2D eigenvalue weighted by Crippen LogP contribution is 2.35. The largest absolute Gasteiger partial charge is 0.326 e. The number of anilines is 1. The summed E-state index contributed by atoms with van der Waals surface area (Å²) in [7, 11) is -4.03. The Morgan fingerprint density at radius 2 is 1.93 bits per heavy atom. The van der Waals surface area contributed by atoms with Gasteiger partial charge in [-0.15, -0.1) is 5.10 Å². The number of nitriles is 1. The van der Waals surface area contributed by atoms with Gasteiger partial charge in [0, 0.05) is 18.2 Å². The van der Waals surface area contributed by atoms with E-state index in [-0.39, 0.29) is 17.3 Å². The third-order valence-electron chi connectivity index (χ3n) is 4.59. The first-order chi connectivity index (χ1) is 13.9. The summed E-state index contributed by atoms with van der Waals surface area (Å²) in [5.74, 6) is -0.255. The van der Waals surface area contributed by atoms with Crippen LogP contribution in [0.5, 0.6) is 0 Å². The minimum atomic E-state index is -4.03. The Bertz CT molecular complexity index is 1230. The quantitative estimate of drug-likeness (QED) is 0.707. The second kappa shape index (κ2) is 7.12. The van der Waals surface area contributed by atoms with Crippen molar-refractivity contribution in [2.24, 2.45) is 0 Å². The molecule has 1 aromatic heterocycles. The van der Waals surface area contributed by atoms with E-state index in [0.717, 1.165) is 4.31 Å². The van der Waals surface area contributed by atoms with Crippen LogP contribution in [0.15, 0.2) is 59.6 Å². The Labute approximate surface area is 167 Å². The van der Waals surface area contributed by atoms with E-state index in [9.17, 15) is 18.5 Å². The lowest BCUT2D eigenvalue weighted by Gasteiger charge is -2.25. The fraction of sp³-hybridized carbons (Fsp3) is 0.158. The predicted molar refractivity (Wildman–Crippen MR) is 103 cm³/mol. The number of hydrogen-bond donors (Lipinski definition) is 1. The van der Waals surface area contributed by atoms with Crippen molar-refractivity contribution in [3.05, 3.63) is 66.0 Å². The molecule has 1 unspecified atom stereocenters. The third-order valence-corrected chi connectivity index (χ3v) is 6.41. The summed E-state index contributed by atoms with van der Waals surface area (Å²) in [4.78, 5) is 11.2. The van der Waals surface area contributed by atoms with Crippen LogP contribution >= 0.6 is 0 Å². The van der Waals surface area contributed by atoms with E-state index in [4.69, 9.17) is 0 Å². The van der Waals surface area contributed by atoms with Gasteiger partial charge in [0.15, 0.2) is 0 Å². The molecule has 146 valence electrons. The summed E-state index contributed by atoms with van der Waals surface area (Å²) in [5, 5.41) is 20.4. The third kappa shape index (κ3) is 3.26. The molecule has 9 nitrogen and oxygen atoms in total. The van der Waals surface area contributed by atoms with Gasteiger partial charge in [0.25, 0.3) is 0 Å². The lowest BCUT2D eigenvalue weighted by Crippen LogP contribution is -2.33. The molecule has 0 spiro atoms. The molecule has 1 atom stereocenters. The molecule has 2 heterocycles. The summed E-state index contributed by atoms with van der Waals surface area (Å²) >= 11 is 0. The molecular formula is C19H16N6O3S. The molecule has 1 N–H and O–H groups in total. The van der Waals surface area contributed by atoms with Gasteiger partial charge in [-0.05, 0) is 30.3 Å². The fourth-order valence-electron chi connectivity index (χ4n) is 3.29. The molecule has 3 aromatic rings. The molecule has 4 rings (SSSR count). The number of para-hydroxylation sites is 1. The average Bonchev–Trinajstić information content (AvgIpc) is 3.11. The van der Waals surface area contributed by atoms with Crippen LogP contribution in [0.2, 0.25) is 0 Å². The number of carbonyl (C=O) groups is 1. The summed E-state index contributed by atoms with van der Waals surface area (Å²) < 4.78 is 29.5. The van der Waals surface area contributed by atoms with E-state index in [1.54, 1.807) is 28.9 Å². The first kappa shape index (κ1) is 18.8. The van der Waals surface area contributed by atoms with Crippen molar-refractivity contribution in [1.82, 2.24) is 19.3 Å². The first-order valence-electron chi connectivity index (χ1n) is 8.70. The second-order valence-corrected chi connectivity index (χ2v) is 8.37. The standard InChI is InChI=1S/C19H16N6O3S/c1-13(26)22-14-6-8-16(9-7-14)29(27,28)24-12-15-11-21-23-25(15)18-5-3-2-4-17(18)19(24)10-20/h2-9,11,19H,12H2,1H3,(H,22,26). The topological polar surface area (TPSA) is 121 Å². The van der Waals surface area contributed by atoms with Gasteiger partial charge in [0.1, 0.15) is 6.04 Å². The summed E-state index contributed by atoms with van der Waals surface area (Å²) in [6.45, 7) is 1.31. The van der Waals surface area contributed by atoms with Crippen LogP contribution in [0.3, 0.4) is 0 Å². The Kier molecular flexibility index (Phi) is 4.62. The van der Waals surface area contributed by atoms with Crippen LogP contribution in [0.1, 0.15) is 24.2 Å². The van der Waals surface area contributed by atoms with Crippen LogP contribution in [0.4, 0.5) is 5.69 Å². The SMILES string of the molecule is CC(=O)Nc1ccc(S(=O)(=O)N2Cc3cnnn3-c3ccccc3C2C#N)cc1. The highest BCUT2D eigenvalue weighted by molar-refractivity contribution is 7.89. The number of fused-ring (bicyclic) bond motifs is 3. The maximum atomic E-state index is 13.4. The Hall–Kier alpha value is -3.55. The minimum Gasteiger partial charge on any atom is -0.326 e. The van der Waals surface area contributed by atoms with E-state index in [0.29, 0.717) is 22.6 Å². The molecule has 0 radical (unpaired) electrons. The molecule has 10 heteroatoms. The fourth-order valence-corrected chi connectivity index (χ4v) is 4.78. The first-order valence-corrected chi connectivity index (χ1v) is 10.1. The van der Waals surface area contributed by atoms with Crippen LogP contribution in [0.25, 0.3) is 5.69 Å². The number of sulfonamides is 1. The Morgan fingerprint density at radius 1 is 1.21 bits per heavy atom. The number of amides is 1. The molecule has 0 saturated carbocycles. The van der Waals surface area contributed by atoms with Crippen molar-refractivity contribution in [3.63, 3.8) is 0 Å². The van der Waals surface area contributed by atoms with Crippen molar-refractivity contribution in [1.29, 1.82) is 5.26 Å². The molecule has 1 aliphatic heterocycles. The lowest BCUT2D eigenvalue weighted by atomic mass is 10.1. The Balaban J connectivity index is 1.81. The van der Waals surface area contributed by atoms with Crippen LogP contribution in [-0.4, -0.2) is 33.6 Å².